The second-order valence-corrected chi connectivity index (χ2v) is 4.40. The summed E-state index contributed by atoms with van der Waals surface area (Å²) < 4.78 is 0. The highest BCUT2D eigenvalue weighted by Crippen LogP contribution is 2.33. The molecule has 0 unspecified atom stereocenters. The minimum absolute atomic E-state index is 0.109. The molecule has 4 N–H and O–H groups in total. The molecular weight excluding hydrogens is 204 g/mol. The van der Waals surface area contributed by atoms with Crippen molar-refractivity contribution >= 4 is 27.8 Å². The lowest BCUT2D eigenvalue weighted by molar-refractivity contribution is -0.121. The number of hydrogen-bond acceptors (Lipinski definition) is 2. The van der Waals surface area contributed by atoms with Gasteiger partial charge in [0.1, 0.15) is 5.52 Å². The molecule has 5 heteroatoms. The third-order valence-corrected chi connectivity index (χ3v) is 3.41. The number of rotatable bonds is 1. The lowest BCUT2D eigenvalue weighted by atomic mass is 10.1. The number of amides is 1. The highest BCUT2D eigenvalue weighted by molar-refractivity contribution is 6.22. The molecule has 4 heterocycles. The third kappa shape index (κ3) is 1.24. The van der Waals surface area contributed by atoms with E-state index in [9.17, 15) is 4.79 Å². The molecule has 0 aliphatic heterocycles. The van der Waals surface area contributed by atoms with Gasteiger partial charge in [-0.25, -0.2) is 0 Å². The van der Waals surface area contributed by atoms with Gasteiger partial charge in [-0.2, -0.15) is 0 Å². The molecular formula is C11H14N4O. The van der Waals surface area contributed by atoms with Crippen LogP contribution in [0.25, 0.3) is 21.9 Å². The minimum Gasteiger partial charge on any atom is -0.369 e. The maximum Gasteiger partial charge on any atom is 0.220 e. The Morgan fingerprint density at radius 1 is 1.31 bits per heavy atom. The van der Waals surface area contributed by atoms with E-state index in [1.54, 1.807) is 0 Å². The molecule has 0 saturated heterocycles. The van der Waals surface area contributed by atoms with Crippen molar-refractivity contribution in [2.45, 2.75) is 25.7 Å². The van der Waals surface area contributed by atoms with Crippen LogP contribution in [-0.4, -0.2) is 21.1 Å². The summed E-state index contributed by atoms with van der Waals surface area (Å²) in [4.78, 5) is 14.5. The maximum absolute atomic E-state index is 10.4. The zero-order valence-corrected chi connectivity index (χ0v) is 8.92. The van der Waals surface area contributed by atoms with Gasteiger partial charge >= 0.3 is 0 Å². The van der Waals surface area contributed by atoms with Crippen molar-refractivity contribution in [1.82, 2.24) is 15.2 Å². The van der Waals surface area contributed by atoms with E-state index in [0.29, 0.717) is 0 Å². The van der Waals surface area contributed by atoms with Crippen molar-refractivity contribution in [3.8, 4) is 0 Å². The van der Waals surface area contributed by atoms with Crippen LogP contribution in [0.3, 0.4) is 0 Å². The number of primary amides is 1. The smallest absolute Gasteiger partial charge is 0.220 e. The van der Waals surface area contributed by atoms with Gasteiger partial charge in [-0.15, -0.1) is 0 Å². The zero-order chi connectivity index (χ0) is 11.1. The van der Waals surface area contributed by atoms with E-state index < -0.39 is 0 Å². The quantitative estimate of drug-likeness (QED) is 0.579. The van der Waals surface area contributed by atoms with Crippen LogP contribution in [0.2, 0.25) is 0 Å². The van der Waals surface area contributed by atoms with Gasteiger partial charge in [0.15, 0.2) is 0 Å². The van der Waals surface area contributed by atoms with Gasteiger partial charge in [0.05, 0.1) is 11.0 Å². The standard InChI is InChI=1S/C6H11NO.C5H3N3/c7-6(8)5-3-1-2-4-5;1-2-3-5(6-1)4(2)8-7-3/h5H,1-4H2,(H2,7,8);1,7-8H. The number of carbonyl (C=O) groups excluding carboxylic acids is 1. The molecule has 1 aliphatic rings. The first-order valence-electron chi connectivity index (χ1n) is 5.62. The average molecular weight is 218 g/mol. The van der Waals surface area contributed by atoms with Crippen LogP contribution in [0, 0.1) is 5.92 Å². The van der Waals surface area contributed by atoms with E-state index in [0.717, 1.165) is 18.4 Å². The summed E-state index contributed by atoms with van der Waals surface area (Å²) in [6.07, 6.45) is 6.30. The second-order valence-electron chi connectivity index (χ2n) is 4.40. The van der Waals surface area contributed by atoms with E-state index in [1.807, 2.05) is 6.20 Å². The Morgan fingerprint density at radius 3 is 2.25 bits per heavy atom. The van der Waals surface area contributed by atoms with Gasteiger partial charge in [0.25, 0.3) is 0 Å². The van der Waals surface area contributed by atoms with Crippen molar-refractivity contribution in [3.05, 3.63) is 6.20 Å². The summed E-state index contributed by atoms with van der Waals surface area (Å²) in [6, 6.07) is 0. The number of hydrogen-bond donors (Lipinski definition) is 3. The van der Waals surface area contributed by atoms with Gasteiger partial charge in [-0.1, -0.05) is 12.8 Å². The largest absolute Gasteiger partial charge is 0.369 e. The average Bonchev–Trinajstić information content (AvgIpc) is 3.07. The molecule has 84 valence electrons. The molecule has 0 radical (unpaired) electrons. The van der Waals surface area contributed by atoms with Crippen LogP contribution in [-0.2, 0) is 4.79 Å². The first-order valence-corrected chi connectivity index (χ1v) is 5.62. The van der Waals surface area contributed by atoms with Crippen LogP contribution < -0.4 is 5.73 Å². The molecule has 1 amide bonds. The van der Waals surface area contributed by atoms with E-state index in [2.05, 4.69) is 15.2 Å². The Labute approximate surface area is 92.1 Å². The molecule has 1 aromatic carbocycles. The highest BCUT2D eigenvalue weighted by atomic mass is 16.1. The van der Waals surface area contributed by atoms with Gasteiger partial charge < -0.3 is 5.73 Å². The molecule has 1 aliphatic carbocycles. The summed E-state index contributed by atoms with van der Waals surface area (Å²) in [5.41, 5.74) is 8.53. The molecule has 6 rings (SSSR count). The van der Waals surface area contributed by atoms with E-state index in [-0.39, 0.29) is 11.8 Å². The molecule has 1 fully saturated rings. The summed E-state index contributed by atoms with van der Waals surface area (Å²) in [6.45, 7) is 0. The van der Waals surface area contributed by atoms with Crippen molar-refractivity contribution in [2.75, 3.05) is 0 Å². The normalized spacial score (nSPS) is 17.2. The molecule has 0 spiro atoms. The Balaban J connectivity index is 0.000000101. The van der Waals surface area contributed by atoms with Crippen molar-refractivity contribution in [3.63, 3.8) is 0 Å². The van der Waals surface area contributed by atoms with Gasteiger partial charge in [0, 0.05) is 17.5 Å². The fraction of sp³-hybridized carbons (Fsp3) is 0.455. The van der Waals surface area contributed by atoms with E-state index in [4.69, 9.17) is 5.73 Å². The number of carbonyl (C=O) groups is 1. The molecule has 4 bridgehead atoms. The number of nitrogens with one attached hydrogen (secondary N) is 2. The van der Waals surface area contributed by atoms with Gasteiger partial charge in [-0.05, 0) is 12.8 Å². The Hall–Kier alpha value is -1.78. The lowest BCUT2D eigenvalue weighted by Crippen LogP contribution is -2.19. The highest BCUT2D eigenvalue weighted by Gasteiger charge is 2.19. The van der Waals surface area contributed by atoms with Crippen molar-refractivity contribution < 1.29 is 4.79 Å². The first kappa shape index (κ1) is 9.45. The number of aromatic nitrogens is 3. The lowest BCUT2D eigenvalue weighted by Gasteiger charge is -1.98. The number of fused-ring (bicyclic) bond motifs is 2. The minimum atomic E-state index is -0.109. The van der Waals surface area contributed by atoms with Crippen LogP contribution in [0.4, 0.5) is 0 Å². The monoisotopic (exact) mass is 218 g/mol. The Bertz CT molecular complexity index is 478. The van der Waals surface area contributed by atoms with Gasteiger partial charge in [-0.3, -0.25) is 20.0 Å². The Morgan fingerprint density at radius 2 is 1.94 bits per heavy atom. The summed E-state index contributed by atoms with van der Waals surface area (Å²) in [5.74, 6) is 0.0949. The summed E-state index contributed by atoms with van der Waals surface area (Å²) in [7, 11) is 0. The number of nitrogens with zero attached hydrogens (tertiary/aromatic N) is 1. The molecule has 16 heavy (non-hydrogen) atoms. The molecule has 4 aromatic heterocycles. The summed E-state index contributed by atoms with van der Waals surface area (Å²) >= 11 is 0. The predicted molar refractivity (Wildman–Crippen MR) is 61.5 cm³/mol. The second kappa shape index (κ2) is 3.37. The maximum atomic E-state index is 10.4. The Kier molecular flexibility index (Phi) is 1.99. The topological polar surface area (TPSA) is 87.6 Å². The van der Waals surface area contributed by atoms with Gasteiger partial charge in [0.2, 0.25) is 5.91 Å². The number of nitrogens with two attached hydrogens (primary N) is 1. The number of H-pyrrole nitrogens is 2. The molecule has 5 aromatic rings. The van der Waals surface area contributed by atoms with E-state index >= 15 is 0 Å². The first-order chi connectivity index (χ1) is 7.77. The molecule has 5 nitrogen and oxygen atoms in total. The zero-order valence-electron chi connectivity index (χ0n) is 8.92. The SMILES string of the molecule is NC(=O)C1CCCC1.c1nc2c3[nH][nH]c2c13. The van der Waals surface area contributed by atoms with E-state index in [1.165, 1.54) is 29.3 Å². The van der Waals surface area contributed by atoms with Crippen LogP contribution in [0.1, 0.15) is 25.7 Å². The van der Waals surface area contributed by atoms with Crippen LogP contribution in [0.5, 0.6) is 0 Å². The number of aromatic amines is 2. The van der Waals surface area contributed by atoms with Crippen LogP contribution in [0.15, 0.2) is 6.20 Å². The molecule has 1 saturated carbocycles. The fourth-order valence-corrected chi connectivity index (χ4v) is 2.42. The van der Waals surface area contributed by atoms with Crippen molar-refractivity contribution in [1.29, 1.82) is 0 Å². The summed E-state index contributed by atoms with van der Waals surface area (Å²) in [5, 5.41) is 7.22. The third-order valence-electron chi connectivity index (χ3n) is 3.41. The predicted octanol–water partition coefficient (Wildman–Crippen LogP) is 1.58. The molecule has 0 atom stereocenters. The van der Waals surface area contributed by atoms with Crippen molar-refractivity contribution in [2.24, 2.45) is 11.7 Å². The van der Waals surface area contributed by atoms with Crippen LogP contribution >= 0.6 is 0 Å². The fourth-order valence-electron chi connectivity index (χ4n) is 2.42.